The third-order valence-corrected chi connectivity index (χ3v) is 3.15. The summed E-state index contributed by atoms with van der Waals surface area (Å²) < 4.78 is 37.8. The minimum atomic E-state index is -4.36. The molecule has 0 radical (unpaired) electrons. The van der Waals surface area contributed by atoms with E-state index in [2.05, 4.69) is 12.2 Å². The molecule has 0 saturated heterocycles. The van der Waals surface area contributed by atoms with Crippen molar-refractivity contribution in [1.82, 2.24) is 4.90 Å². The van der Waals surface area contributed by atoms with Crippen LogP contribution in [0.1, 0.15) is 20.8 Å². The van der Waals surface area contributed by atoms with Gasteiger partial charge in [0.25, 0.3) is 0 Å². The van der Waals surface area contributed by atoms with Crippen LogP contribution in [0.25, 0.3) is 0 Å². The highest BCUT2D eigenvalue weighted by molar-refractivity contribution is 7.80. The van der Waals surface area contributed by atoms with Crippen molar-refractivity contribution in [2.24, 2.45) is 17.6 Å². The fourth-order valence-corrected chi connectivity index (χ4v) is 1.53. The summed E-state index contributed by atoms with van der Waals surface area (Å²) in [6.45, 7) is 5.63. The minimum absolute atomic E-state index is 0.0548. The number of halogens is 3. The van der Waals surface area contributed by atoms with E-state index < -0.39 is 17.1 Å². The molecule has 2 nitrogen and oxygen atoms in total. The molecule has 2 atom stereocenters. The Labute approximate surface area is 100.0 Å². The first kappa shape index (κ1) is 15.6. The number of rotatable bonds is 5. The number of nitrogens with zero attached hydrogens (tertiary/aromatic N) is 1. The number of hydrogen-bond donors (Lipinski definition) is 1. The predicted molar refractivity (Wildman–Crippen MR) is 63.3 cm³/mol. The summed E-state index contributed by atoms with van der Waals surface area (Å²) in [7, 11) is 1.65. The second kappa shape index (κ2) is 5.82. The molecule has 0 aromatic rings. The molecule has 0 fully saturated rings. The van der Waals surface area contributed by atoms with Crippen LogP contribution >= 0.6 is 12.2 Å². The molecule has 0 amide bonds. The highest BCUT2D eigenvalue weighted by Gasteiger charge is 2.42. The second-order valence-electron chi connectivity index (χ2n) is 4.42. The van der Waals surface area contributed by atoms with Gasteiger partial charge in [0, 0.05) is 12.6 Å². The molecule has 6 heteroatoms. The number of thiocarbonyl (C=S) groups is 1. The summed E-state index contributed by atoms with van der Waals surface area (Å²) >= 11 is 4.47. The van der Waals surface area contributed by atoms with Crippen molar-refractivity contribution in [3.8, 4) is 0 Å². The van der Waals surface area contributed by atoms with Crippen LogP contribution in [0.5, 0.6) is 0 Å². The lowest BCUT2D eigenvalue weighted by Crippen LogP contribution is -2.45. The van der Waals surface area contributed by atoms with E-state index in [1.165, 1.54) is 0 Å². The van der Waals surface area contributed by atoms with Gasteiger partial charge in [0.1, 0.15) is 5.92 Å². The van der Waals surface area contributed by atoms with Gasteiger partial charge in [0.05, 0.1) is 4.99 Å². The minimum Gasteiger partial charge on any atom is -0.393 e. The van der Waals surface area contributed by atoms with Crippen molar-refractivity contribution >= 4 is 17.2 Å². The van der Waals surface area contributed by atoms with Crippen LogP contribution < -0.4 is 5.73 Å². The summed E-state index contributed by atoms with van der Waals surface area (Å²) in [5, 5.41) is 0. The lowest BCUT2D eigenvalue weighted by molar-refractivity contribution is -0.159. The Hall–Kier alpha value is -0.360. The molecular weight excluding hydrogens is 237 g/mol. The molecule has 96 valence electrons. The summed E-state index contributed by atoms with van der Waals surface area (Å²) in [6, 6.07) is 0.0548. The molecule has 2 N–H and O–H groups in total. The fraction of sp³-hybridized carbons (Fsp3) is 0.900. The van der Waals surface area contributed by atoms with Crippen LogP contribution in [-0.4, -0.2) is 35.7 Å². The van der Waals surface area contributed by atoms with E-state index >= 15 is 0 Å². The van der Waals surface area contributed by atoms with Crippen LogP contribution in [0.4, 0.5) is 13.2 Å². The third-order valence-electron chi connectivity index (χ3n) is 2.87. The van der Waals surface area contributed by atoms with Crippen molar-refractivity contribution < 1.29 is 13.2 Å². The standard InChI is InChI=1S/C10H19F3N2S/c1-6(2)7(3)15(4)5-8(9(14)16)10(11,12)13/h6-8H,5H2,1-4H3,(H2,14,16). The van der Waals surface area contributed by atoms with E-state index in [4.69, 9.17) is 5.73 Å². The molecule has 16 heavy (non-hydrogen) atoms. The van der Waals surface area contributed by atoms with Gasteiger partial charge in [-0.1, -0.05) is 26.1 Å². The van der Waals surface area contributed by atoms with Crippen LogP contribution in [0, 0.1) is 11.8 Å². The molecule has 0 bridgehead atoms. The SMILES string of the molecule is CC(C)C(C)N(C)CC(C(N)=S)C(F)(F)F. The zero-order valence-corrected chi connectivity index (χ0v) is 10.8. The number of nitrogens with two attached hydrogens (primary N) is 1. The summed E-state index contributed by atoms with van der Waals surface area (Å²) in [5.41, 5.74) is 5.13. The van der Waals surface area contributed by atoms with Gasteiger partial charge in [-0.2, -0.15) is 13.2 Å². The summed E-state index contributed by atoms with van der Waals surface area (Å²) in [4.78, 5) is 1.15. The van der Waals surface area contributed by atoms with E-state index in [0.29, 0.717) is 0 Å². The topological polar surface area (TPSA) is 29.3 Å². The molecule has 2 unspecified atom stereocenters. The van der Waals surface area contributed by atoms with Crippen molar-refractivity contribution in [1.29, 1.82) is 0 Å². The maximum absolute atomic E-state index is 12.6. The average molecular weight is 256 g/mol. The van der Waals surface area contributed by atoms with E-state index in [1.54, 1.807) is 11.9 Å². The third kappa shape index (κ3) is 4.65. The molecule has 0 saturated carbocycles. The van der Waals surface area contributed by atoms with Crippen LogP contribution in [-0.2, 0) is 0 Å². The lowest BCUT2D eigenvalue weighted by Gasteiger charge is -2.31. The first-order valence-electron chi connectivity index (χ1n) is 5.13. The summed E-state index contributed by atoms with van der Waals surface area (Å²) in [6.07, 6.45) is -4.36. The van der Waals surface area contributed by atoms with Crippen LogP contribution in [0.15, 0.2) is 0 Å². The van der Waals surface area contributed by atoms with Gasteiger partial charge >= 0.3 is 6.18 Å². The van der Waals surface area contributed by atoms with Crippen molar-refractivity contribution in [2.45, 2.75) is 33.0 Å². The highest BCUT2D eigenvalue weighted by atomic mass is 32.1. The van der Waals surface area contributed by atoms with Gasteiger partial charge in [-0.3, -0.25) is 0 Å². The first-order chi connectivity index (χ1) is 7.07. The van der Waals surface area contributed by atoms with Gasteiger partial charge < -0.3 is 10.6 Å². The van der Waals surface area contributed by atoms with Gasteiger partial charge in [0.15, 0.2) is 0 Å². The monoisotopic (exact) mass is 256 g/mol. The molecular formula is C10H19F3N2S. The molecule has 0 aliphatic heterocycles. The Bertz CT molecular complexity index is 241. The first-order valence-corrected chi connectivity index (χ1v) is 5.54. The van der Waals surface area contributed by atoms with E-state index in [1.807, 2.05) is 20.8 Å². The number of alkyl halides is 3. The van der Waals surface area contributed by atoms with Gasteiger partial charge in [0.2, 0.25) is 0 Å². The molecule has 0 aromatic heterocycles. The Balaban J connectivity index is 4.60. The highest BCUT2D eigenvalue weighted by Crippen LogP contribution is 2.28. The molecule has 0 rings (SSSR count). The van der Waals surface area contributed by atoms with Gasteiger partial charge in [-0.15, -0.1) is 0 Å². The van der Waals surface area contributed by atoms with E-state index in [-0.39, 0.29) is 18.5 Å². The fourth-order valence-electron chi connectivity index (χ4n) is 1.32. The number of hydrogen-bond acceptors (Lipinski definition) is 2. The van der Waals surface area contributed by atoms with E-state index in [0.717, 1.165) is 0 Å². The Kier molecular flexibility index (Phi) is 5.69. The largest absolute Gasteiger partial charge is 0.399 e. The van der Waals surface area contributed by atoms with Crippen molar-refractivity contribution in [3.05, 3.63) is 0 Å². The maximum atomic E-state index is 12.6. The quantitative estimate of drug-likeness (QED) is 0.766. The predicted octanol–water partition coefficient (Wildman–Crippen LogP) is 2.43. The second-order valence-corrected chi connectivity index (χ2v) is 4.89. The van der Waals surface area contributed by atoms with Crippen LogP contribution in [0.2, 0.25) is 0 Å². The molecule has 0 aliphatic rings. The van der Waals surface area contributed by atoms with Gasteiger partial charge in [-0.25, -0.2) is 0 Å². The van der Waals surface area contributed by atoms with Crippen molar-refractivity contribution in [2.75, 3.05) is 13.6 Å². The molecule has 0 spiro atoms. The normalized spacial score (nSPS) is 16.6. The zero-order chi connectivity index (χ0) is 13.1. The zero-order valence-electron chi connectivity index (χ0n) is 10.0. The Morgan fingerprint density at radius 1 is 1.31 bits per heavy atom. The van der Waals surface area contributed by atoms with Gasteiger partial charge in [-0.05, 0) is 19.9 Å². The Morgan fingerprint density at radius 2 is 1.75 bits per heavy atom. The maximum Gasteiger partial charge on any atom is 0.399 e. The smallest absolute Gasteiger partial charge is 0.393 e. The lowest BCUT2D eigenvalue weighted by atomic mass is 10.0. The average Bonchev–Trinajstić information content (AvgIpc) is 2.09. The van der Waals surface area contributed by atoms with Crippen molar-refractivity contribution in [3.63, 3.8) is 0 Å². The Morgan fingerprint density at radius 3 is 2.00 bits per heavy atom. The molecule has 0 aromatic carbocycles. The molecule has 0 aliphatic carbocycles. The summed E-state index contributed by atoms with van der Waals surface area (Å²) in [5.74, 6) is -1.45. The molecule has 0 heterocycles. The van der Waals surface area contributed by atoms with E-state index in [9.17, 15) is 13.2 Å². The van der Waals surface area contributed by atoms with Crippen LogP contribution in [0.3, 0.4) is 0 Å².